The molecule has 1 nitrogen and oxygen atoms in total. The topological polar surface area (TPSA) is 19.9 Å². The second kappa shape index (κ2) is 12.0. The highest BCUT2D eigenvalue weighted by atomic mass is 16.3. The molecule has 0 saturated heterocycles. The Hall–Kier alpha value is -0.0400. The van der Waals surface area contributed by atoms with Crippen molar-refractivity contribution in [2.24, 2.45) is 0 Å². The standard InChI is InChI=1S/C14H28O/c1-3-4-5-6-7-8-9-10-11-12-13-14(2)15/h14H,2-13H2,1H3. The van der Waals surface area contributed by atoms with Gasteiger partial charge in [0.2, 0.25) is 0 Å². The van der Waals surface area contributed by atoms with Crippen LogP contribution < -0.4 is 0 Å². The molecule has 0 aliphatic rings. The van der Waals surface area contributed by atoms with E-state index in [1.807, 2.05) is 0 Å². The summed E-state index contributed by atoms with van der Waals surface area (Å²) in [6.45, 7) is 5.71. The summed E-state index contributed by atoms with van der Waals surface area (Å²) in [7, 11) is 0. The van der Waals surface area contributed by atoms with Crippen molar-refractivity contribution < 1.29 is 5.11 Å². The van der Waals surface area contributed by atoms with E-state index < -0.39 is 6.10 Å². The summed E-state index contributed by atoms with van der Waals surface area (Å²) in [5, 5.41) is 10.7. The normalized spacial score (nSPS) is 13.0. The van der Waals surface area contributed by atoms with Crippen LogP contribution in [0.1, 0.15) is 77.6 Å². The van der Waals surface area contributed by atoms with Crippen LogP contribution in [0.25, 0.3) is 0 Å². The van der Waals surface area contributed by atoms with Crippen LogP contribution in [0.5, 0.6) is 0 Å². The number of unbranched alkanes of at least 4 members (excludes halogenated alkanes) is 9. The fourth-order valence-electron chi connectivity index (χ4n) is 1.86. The van der Waals surface area contributed by atoms with Crippen molar-refractivity contribution in [1.29, 1.82) is 0 Å². The third kappa shape index (κ3) is 14.0. The Labute approximate surface area is 96.3 Å². The van der Waals surface area contributed by atoms with Crippen LogP contribution in [0.3, 0.4) is 0 Å². The van der Waals surface area contributed by atoms with E-state index in [2.05, 4.69) is 13.8 Å². The summed E-state index contributed by atoms with van der Waals surface area (Å²) in [6.07, 6.45) is 13.5. The first-order chi connectivity index (χ1) is 7.27. The van der Waals surface area contributed by atoms with Gasteiger partial charge >= 0.3 is 0 Å². The number of hydrogen-bond donors (Lipinski definition) is 0. The second-order valence-electron chi connectivity index (χ2n) is 4.59. The first-order valence-electron chi connectivity index (χ1n) is 6.76. The Balaban J connectivity index is 2.87. The molecule has 0 aliphatic carbocycles. The van der Waals surface area contributed by atoms with E-state index in [0.29, 0.717) is 0 Å². The molecule has 0 aliphatic heterocycles. The molecule has 0 heterocycles. The maximum Gasteiger partial charge on any atom is 0.0931 e. The van der Waals surface area contributed by atoms with Crippen molar-refractivity contribution in [2.45, 2.75) is 83.7 Å². The van der Waals surface area contributed by atoms with E-state index in [1.54, 1.807) is 0 Å². The third-order valence-corrected chi connectivity index (χ3v) is 2.88. The zero-order valence-electron chi connectivity index (χ0n) is 10.5. The molecule has 0 aromatic heterocycles. The van der Waals surface area contributed by atoms with Gasteiger partial charge in [0.25, 0.3) is 0 Å². The van der Waals surface area contributed by atoms with Gasteiger partial charge in [0, 0.05) is 0 Å². The lowest BCUT2D eigenvalue weighted by Gasteiger charge is -2.02. The Bertz CT molecular complexity index is 110. The molecule has 0 amide bonds. The summed E-state index contributed by atoms with van der Waals surface area (Å²) < 4.78 is 0. The smallest absolute Gasteiger partial charge is 0.0931 e. The fourth-order valence-corrected chi connectivity index (χ4v) is 1.86. The molecule has 1 heteroatoms. The Kier molecular flexibility index (Phi) is 12.0. The van der Waals surface area contributed by atoms with Crippen LogP contribution in [0.4, 0.5) is 0 Å². The second-order valence-corrected chi connectivity index (χ2v) is 4.59. The summed E-state index contributed by atoms with van der Waals surface area (Å²) in [4.78, 5) is 0. The van der Waals surface area contributed by atoms with Crippen molar-refractivity contribution in [2.75, 3.05) is 0 Å². The van der Waals surface area contributed by atoms with Gasteiger partial charge in [-0.1, -0.05) is 71.1 Å². The van der Waals surface area contributed by atoms with Crippen LogP contribution in [0.15, 0.2) is 0 Å². The first-order valence-corrected chi connectivity index (χ1v) is 6.76. The van der Waals surface area contributed by atoms with Crippen molar-refractivity contribution in [3.63, 3.8) is 0 Å². The maximum atomic E-state index is 10.7. The molecular weight excluding hydrogens is 184 g/mol. The molecule has 90 valence electrons. The largest absolute Gasteiger partial charge is 0.233 e. The highest BCUT2D eigenvalue weighted by molar-refractivity contribution is 4.56. The predicted molar refractivity (Wildman–Crippen MR) is 66.3 cm³/mol. The quantitative estimate of drug-likeness (QED) is 0.433. The summed E-state index contributed by atoms with van der Waals surface area (Å²) in [5.41, 5.74) is 0. The van der Waals surface area contributed by atoms with Gasteiger partial charge < -0.3 is 0 Å². The van der Waals surface area contributed by atoms with Gasteiger partial charge in [-0.25, -0.2) is 5.11 Å². The van der Waals surface area contributed by atoms with Gasteiger partial charge in [0.05, 0.1) is 6.10 Å². The number of hydrogen-bond acceptors (Lipinski definition) is 0. The van der Waals surface area contributed by atoms with Gasteiger partial charge in [0.1, 0.15) is 0 Å². The van der Waals surface area contributed by atoms with E-state index in [9.17, 15) is 5.11 Å². The average Bonchev–Trinajstić information content (AvgIpc) is 2.20. The van der Waals surface area contributed by atoms with E-state index >= 15 is 0 Å². The SMILES string of the molecule is [CH2]C([O])CCCCCCCCCCCC. The molecular formula is C14H28O. The van der Waals surface area contributed by atoms with Crippen LogP contribution >= 0.6 is 0 Å². The molecule has 1 atom stereocenters. The van der Waals surface area contributed by atoms with Crippen LogP contribution in [-0.4, -0.2) is 6.10 Å². The highest BCUT2D eigenvalue weighted by Gasteiger charge is 1.97. The minimum Gasteiger partial charge on any atom is -0.233 e. The zero-order valence-corrected chi connectivity index (χ0v) is 10.5. The van der Waals surface area contributed by atoms with E-state index in [0.717, 1.165) is 12.8 Å². The van der Waals surface area contributed by atoms with E-state index in [4.69, 9.17) is 0 Å². The van der Waals surface area contributed by atoms with Gasteiger partial charge in [-0.15, -0.1) is 0 Å². The lowest BCUT2D eigenvalue weighted by molar-refractivity contribution is 0.117. The molecule has 2 radical (unpaired) electrons. The van der Waals surface area contributed by atoms with Gasteiger partial charge in [0.15, 0.2) is 0 Å². The maximum absolute atomic E-state index is 10.7. The lowest BCUT2D eigenvalue weighted by atomic mass is 10.1. The van der Waals surface area contributed by atoms with Gasteiger partial charge in [-0.3, -0.25) is 0 Å². The van der Waals surface area contributed by atoms with Crippen molar-refractivity contribution in [3.05, 3.63) is 6.92 Å². The average molecular weight is 212 g/mol. The fraction of sp³-hybridized carbons (Fsp3) is 0.929. The monoisotopic (exact) mass is 212 g/mol. The first kappa shape index (κ1) is 15.0. The van der Waals surface area contributed by atoms with Crippen LogP contribution in [0, 0.1) is 6.92 Å². The molecule has 0 aromatic rings. The van der Waals surface area contributed by atoms with Crippen molar-refractivity contribution >= 4 is 0 Å². The van der Waals surface area contributed by atoms with Crippen LogP contribution in [-0.2, 0) is 5.11 Å². The van der Waals surface area contributed by atoms with E-state index in [1.165, 1.54) is 57.8 Å². The van der Waals surface area contributed by atoms with Crippen molar-refractivity contribution in [1.82, 2.24) is 0 Å². The van der Waals surface area contributed by atoms with Gasteiger partial charge in [-0.2, -0.15) is 0 Å². The van der Waals surface area contributed by atoms with Crippen molar-refractivity contribution in [3.8, 4) is 0 Å². The minimum absolute atomic E-state index is 0.598. The molecule has 0 fully saturated rings. The molecule has 0 saturated carbocycles. The summed E-state index contributed by atoms with van der Waals surface area (Å²) in [5.74, 6) is 0. The molecule has 1 unspecified atom stereocenters. The molecule has 15 heavy (non-hydrogen) atoms. The minimum atomic E-state index is -0.598. The predicted octanol–water partition coefficient (Wildman–Crippen LogP) is 4.93. The number of rotatable bonds is 11. The zero-order chi connectivity index (χ0) is 11.4. The molecule has 0 rings (SSSR count). The Morgan fingerprint density at radius 1 is 0.800 bits per heavy atom. The molecule has 0 bridgehead atoms. The van der Waals surface area contributed by atoms with Gasteiger partial charge in [-0.05, 0) is 13.3 Å². The summed E-state index contributed by atoms with van der Waals surface area (Å²) in [6, 6.07) is 0. The molecule has 0 N–H and O–H groups in total. The van der Waals surface area contributed by atoms with Crippen LogP contribution in [0.2, 0.25) is 0 Å². The highest BCUT2D eigenvalue weighted by Crippen LogP contribution is 2.11. The third-order valence-electron chi connectivity index (χ3n) is 2.88. The molecule has 0 aromatic carbocycles. The van der Waals surface area contributed by atoms with E-state index in [-0.39, 0.29) is 0 Å². The lowest BCUT2D eigenvalue weighted by Crippen LogP contribution is -1.96. The molecule has 0 spiro atoms. The Morgan fingerprint density at radius 2 is 1.20 bits per heavy atom. The Morgan fingerprint density at radius 3 is 1.60 bits per heavy atom. The summed E-state index contributed by atoms with van der Waals surface area (Å²) >= 11 is 0.